The van der Waals surface area contributed by atoms with E-state index in [2.05, 4.69) is 49.5 Å². The number of hydrogen-bond donors (Lipinski definition) is 1. The average Bonchev–Trinajstić information content (AvgIpc) is 2.55. The van der Waals surface area contributed by atoms with E-state index >= 15 is 0 Å². The second-order valence-corrected chi connectivity index (χ2v) is 5.83. The van der Waals surface area contributed by atoms with Crippen LogP contribution in [0.4, 0.5) is 0 Å². The molecule has 1 aromatic carbocycles. The first-order valence-corrected chi connectivity index (χ1v) is 8.50. The minimum atomic E-state index is 0.357. The molecule has 116 valence electrons. The van der Waals surface area contributed by atoms with Gasteiger partial charge in [-0.25, -0.2) is 0 Å². The molecule has 1 aliphatic carbocycles. The molecule has 0 aromatic heterocycles. The second-order valence-electron chi connectivity index (χ2n) is 5.83. The molecule has 0 radical (unpaired) electrons. The van der Waals surface area contributed by atoms with Crippen LogP contribution in [0.15, 0.2) is 35.9 Å². The molecule has 0 saturated heterocycles. The van der Waals surface area contributed by atoms with Crippen LogP contribution in [0, 0.1) is 0 Å². The molecule has 1 unspecified atom stereocenters. The highest BCUT2D eigenvalue weighted by Gasteiger charge is 2.18. The van der Waals surface area contributed by atoms with E-state index in [0.717, 1.165) is 31.7 Å². The summed E-state index contributed by atoms with van der Waals surface area (Å²) in [4.78, 5) is 0. The molecule has 1 aromatic rings. The summed E-state index contributed by atoms with van der Waals surface area (Å²) in [6, 6.07) is 8.96. The molecule has 1 N–H and O–H groups in total. The maximum atomic E-state index is 5.79. The number of ether oxygens (including phenoxy) is 1. The van der Waals surface area contributed by atoms with Crippen molar-refractivity contribution in [1.82, 2.24) is 5.32 Å². The van der Waals surface area contributed by atoms with Gasteiger partial charge in [-0.2, -0.15) is 0 Å². The van der Waals surface area contributed by atoms with E-state index in [0.29, 0.717) is 6.04 Å². The van der Waals surface area contributed by atoms with Crippen molar-refractivity contribution in [3.8, 4) is 5.75 Å². The van der Waals surface area contributed by atoms with Gasteiger partial charge in [0.25, 0.3) is 0 Å². The fourth-order valence-electron chi connectivity index (χ4n) is 2.88. The summed E-state index contributed by atoms with van der Waals surface area (Å²) < 4.78 is 5.79. The maximum Gasteiger partial charge on any atom is 0.119 e. The van der Waals surface area contributed by atoms with E-state index < -0.39 is 0 Å². The molecule has 0 fully saturated rings. The third kappa shape index (κ3) is 4.89. The summed E-state index contributed by atoms with van der Waals surface area (Å²) in [5.41, 5.74) is 2.90. The molecule has 21 heavy (non-hydrogen) atoms. The van der Waals surface area contributed by atoms with Crippen LogP contribution in [-0.2, 0) is 0 Å². The largest absolute Gasteiger partial charge is 0.494 e. The SMILES string of the molecule is CCCNC(C1=CCCCC1)c1cccc(OCCC)c1. The molecular weight excluding hydrogens is 258 g/mol. The molecule has 0 heterocycles. The van der Waals surface area contributed by atoms with Gasteiger partial charge >= 0.3 is 0 Å². The van der Waals surface area contributed by atoms with E-state index in [1.807, 2.05) is 0 Å². The molecule has 0 amide bonds. The molecular formula is C19H29NO. The maximum absolute atomic E-state index is 5.79. The van der Waals surface area contributed by atoms with Crippen molar-refractivity contribution < 1.29 is 4.74 Å². The second kappa shape index (κ2) is 8.89. The van der Waals surface area contributed by atoms with Crippen molar-refractivity contribution in [3.05, 3.63) is 41.5 Å². The monoisotopic (exact) mass is 287 g/mol. The van der Waals surface area contributed by atoms with Gasteiger partial charge in [0.15, 0.2) is 0 Å². The highest BCUT2D eigenvalue weighted by atomic mass is 16.5. The predicted octanol–water partition coefficient (Wildman–Crippen LogP) is 5.02. The summed E-state index contributed by atoms with van der Waals surface area (Å²) >= 11 is 0. The minimum absolute atomic E-state index is 0.357. The zero-order valence-electron chi connectivity index (χ0n) is 13.5. The van der Waals surface area contributed by atoms with Gasteiger partial charge in [0.05, 0.1) is 12.6 Å². The summed E-state index contributed by atoms with van der Waals surface area (Å²) in [6.45, 7) is 6.21. The highest BCUT2D eigenvalue weighted by Crippen LogP contribution is 2.31. The summed E-state index contributed by atoms with van der Waals surface area (Å²) in [5, 5.41) is 3.71. The van der Waals surface area contributed by atoms with E-state index in [4.69, 9.17) is 4.74 Å². The molecule has 2 heteroatoms. The molecule has 0 aliphatic heterocycles. The van der Waals surface area contributed by atoms with Gasteiger partial charge in [0.1, 0.15) is 5.75 Å². The van der Waals surface area contributed by atoms with Crippen LogP contribution in [-0.4, -0.2) is 13.2 Å². The normalized spacial score (nSPS) is 16.4. The van der Waals surface area contributed by atoms with Gasteiger partial charge in [0.2, 0.25) is 0 Å². The van der Waals surface area contributed by atoms with Crippen molar-refractivity contribution >= 4 is 0 Å². The van der Waals surface area contributed by atoms with Crippen LogP contribution >= 0.6 is 0 Å². The van der Waals surface area contributed by atoms with Gasteiger partial charge < -0.3 is 10.1 Å². The Morgan fingerprint density at radius 1 is 1.19 bits per heavy atom. The summed E-state index contributed by atoms with van der Waals surface area (Å²) in [7, 11) is 0. The van der Waals surface area contributed by atoms with Crippen LogP contribution in [0.25, 0.3) is 0 Å². The highest BCUT2D eigenvalue weighted by molar-refractivity contribution is 5.35. The average molecular weight is 287 g/mol. The number of hydrogen-bond acceptors (Lipinski definition) is 2. The predicted molar refractivity (Wildman–Crippen MR) is 89.8 cm³/mol. The van der Waals surface area contributed by atoms with Crippen LogP contribution in [0.2, 0.25) is 0 Å². The van der Waals surface area contributed by atoms with Crippen molar-refractivity contribution in [2.45, 2.75) is 58.4 Å². The topological polar surface area (TPSA) is 21.3 Å². The fourth-order valence-corrected chi connectivity index (χ4v) is 2.88. The Bertz CT molecular complexity index is 453. The lowest BCUT2D eigenvalue weighted by Gasteiger charge is -2.25. The van der Waals surface area contributed by atoms with Gasteiger partial charge in [-0.05, 0) is 62.8 Å². The number of allylic oxidation sites excluding steroid dienone is 1. The minimum Gasteiger partial charge on any atom is -0.494 e. The first kappa shape index (κ1) is 16.1. The molecule has 2 nitrogen and oxygen atoms in total. The van der Waals surface area contributed by atoms with Crippen molar-refractivity contribution in [2.24, 2.45) is 0 Å². The first-order valence-electron chi connectivity index (χ1n) is 8.50. The standard InChI is InChI=1S/C19H29NO/c1-3-13-20-19(16-9-6-5-7-10-16)17-11-8-12-18(15-17)21-14-4-2/h8-9,11-12,15,19-20H,3-7,10,13-14H2,1-2H3. The van der Waals surface area contributed by atoms with Crippen LogP contribution in [0.1, 0.15) is 64.0 Å². The molecule has 0 spiro atoms. The van der Waals surface area contributed by atoms with Crippen LogP contribution < -0.4 is 10.1 Å². The Morgan fingerprint density at radius 3 is 2.81 bits per heavy atom. The lowest BCUT2D eigenvalue weighted by molar-refractivity contribution is 0.317. The Hall–Kier alpha value is -1.28. The zero-order valence-corrected chi connectivity index (χ0v) is 13.5. The number of nitrogens with one attached hydrogen (secondary N) is 1. The molecule has 0 bridgehead atoms. The van der Waals surface area contributed by atoms with E-state index in [9.17, 15) is 0 Å². The van der Waals surface area contributed by atoms with E-state index in [1.165, 1.54) is 31.2 Å². The van der Waals surface area contributed by atoms with E-state index in [1.54, 1.807) is 5.57 Å². The molecule has 2 rings (SSSR count). The van der Waals surface area contributed by atoms with Crippen molar-refractivity contribution in [3.63, 3.8) is 0 Å². The number of benzene rings is 1. The van der Waals surface area contributed by atoms with Crippen LogP contribution in [0.5, 0.6) is 5.75 Å². The van der Waals surface area contributed by atoms with Gasteiger partial charge in [0, 0.05) is 0 Å². The van der Waals surface area contributed by atoms with E-state index in [-0.39, 0.29) is 0 Å². The number of rotatable bonds is 8. The Balaban J connectivity index is 2.16. The third-order valence-electron chi connectivity index (χ3n) is 3.96. The zero-order chi connectivity index (χ0) is 14.9. The molecule has 1 atom stereocenters. The summed E-state index contributed by atoms with van der Waals surface area (Å²) in [5.74, 6) is 0.994. The van der Waals surface area contributed by atoms with Gasteiger partial charge in [-0.3, -0.25) is 0 Å². The van der Waals surface area contributed by atoms with Crippen molar-refractivity contribution in [2.75, 3.05) is 13.2 Å². The molecule has 1 aliphatic rings. The lowest BCUT2D eigenvalue weighted by atomic mass is 9.89. The molecule has 0 saturated carbocycles. The van der Waals surface area contributed by atoms with Crippen LogP contribution in [0.3, 0.4) is 0 Å². The quantitative estimate of drug-likeness (QED) is 0.678. The first-order chi connectivity index (χ1) is 10.3. The van der Waals surface area contributed by atoms with Gasteiger partial charge in [-0.1, -0.05) is 37.6 Å². The Kier molecular flexibility index (Phi) is 6.81. The van der Waals surface area contributed by atoms with Gasteiger partial charge in [-0.15, -0.1) is 0 Å². The summed E-state index contributed by atoms with van der Waals surface area (Å²) in [6.07, 6.45) is 9.76. The lowest BCUT2D eigenvalue weighted by Crippen LogP contribution is -2.24. The van der Waals surface area contributed by atoms with Crippen molar-refractivity contribution in [1.29, 1.82) is 0 Å². The smallest absolute Gasteiger partial charge is 0.119 e. The Morgan fingerprint density at radius 2 is 2.10 bits per heavy atom. The third-order valence-corrected chi connectivity index (χ3v) is 3.96. The Labute approximate surface area is 129 Å². The fraction of sp³-hybridized carbons (Fsp3) is 0.579.